The molecule has 0 heterocycles. The molecule has 1 N–H and O–H groups in total. The van der Waals surface area contributed by atoms with Crippen LogP contribution in [0.1, 0.15) is 252 Å². The maximum atomic E-state index is 9.83. The Balaban J connectivity index is 2.54. The maximum absolute atomic E-state index is 9.83. The lowest BCUT2D eigenvalue weighted by Gasteiger charge is -2.38. The number of ether oxygens (including phenoxy) is 2. The third-order valence-electron chi connectivity index (χ3n) is 12.5. The number of rotatable bonds is 47. The van der Waals surface area contributed by atoms with Crippen molar-refractivity contribution in [3.05, 3.63) is 0 Å². The lowest BCUT2D eigenvalue weighted by Crippen LogP contribution is -2.47. The van der Waals surface area contributed by atoms with E-state index in [1.807, 2.05) is 0 Å². The summed E-state index contributed by atoms with van der Waals surface area (Å²) in [6.07, 6.45) is 49.6. The molecular weight excluding hydrogens is 677 g/mol. The fourth-order valence-corrected chi connectivity index (χ4v) is 8.46. The number of aliphatic hydroxyl groups is 1. The molecule has 1 rings (SSSR count). The highest BCUT2D eigenvalue weighted by atomic mass is 16.5. The molecule has 0 aliphatic heterocycles. The van der Waals surface area contributed by atoms with Crippen molar-refractivity contribution >= 4 is 0 Å². The summed E-state index contributed by atoms with van der Waals surface area (Å²) in [4.78, 5) is 5.27. The van der Waals surface area contributed by atoms with Crippen LogP contribution in [0.2, 0.25) is 0 Å². The molecule has 5 nitrogen and oxygen atoms in total. The van der Waals surface area contributed by atoms with Crippen LogP contribution in [0.3, 0.4) is 0 Å². The van der Waals surface area contributed by atoms with Crippen LogP contribution in [-0.4, -0.2) is 86.2 Å². The monoisotopic (exact) mass is 779 g/mol. The Morgan fingerprint density at radius 2 is 0.855 bits per heavy atom. The molecule has 0 aromatic heterocycles. The first kappa shape index (κ1) is 52.8. The number of nitrogens with zero attached hydrogens (tertiary/aromatic N) is 2. The second-order valence-electron chi connectivity index (χ2n) is 17.8. The van der Waals surface area contributed by atoms with E-state index in [-0.39, 0.29) is 12.7 Å². The van der Waals surface area contributed by atoms with Gasteiger partial charge in [0.1, 0.15) is 0 Å². The van der Waals surface area contributed by atoms with E-state index in [4.69, 9.17) is 9.47 Å². The molecule has 0 saturated heterocycles. The van der Waals surface area contributed by atoms with E-state index in [0.29, 0.717) is 6.04 Å². The van der Waals surface area contributed by atoms with Gasteiger partial charge in [-0.3, -0.25) is 9.80 Å². The van der Waals surface area contributed by atoms with Crippen molar-refractivity contribution in [1.82, 2.24) is 9.80 Å². The van der Waals surface area contributed by atoms with E-state index in [9.17, 15) is 5.11 Å². The van der Waals surface area contributed by atoms with Gasteiger partial charge in [0.05, 0.1) is 19.3 Å². The van der Waals surface area contributed by atoms with Gasteiger partial charge in [0, 0.05) is 45.4 Å². The van der Waals surface area contributed by atoms with Gasteiger partial charge in [-0.15, -0.1) is 0 Å². The molecule has 0 bridgehead atoms. The largest absolute Gasteiger partial charge is 0.395 e. The predicted octanol–water partition coefficient (Wildman–Crippen LogP) is 14.5. The first-order chi connectivity index (χ1) is 27.2. The van der Waals surface area contributed by atoms with E-state index in [1.54, 1.807) is 0 Å². The van der Waals surface area contributed by atoms with Crippen molar-refractivity contribution in [2.45, 2.75) is 264 Å². The maximum Gasteiger partial charge on any atom is 0.0934 e. The van der Waals surface area contributed by atoms with Crippen molar-refractivity contribution in [1.29, 1.82) is 0 Å². The highest BCUT2D eigenvalue weighted by Crippen LogP contribution is 2.24. The normalized spacial score (nSPS) is 14.1. The SMILES string of the molecule is CCCCCCCCCCCCCCCN(CCN(CCO)C1CCC1)CC(COCCCCCCCCCCCC)OCCCCCCCCCCCC. The predicted molar refractivity (Wildman–Crippen MR) is 243 cm³/mol. The summed E-state index contributed by atoms with van der Waals surface area (Å²) >= 11 is 0. The number of hydrogen-bond donors (Lipinski definition) is 1. The standard InChI is InChI=1S/C50H102N2O3/c1-4-7-10-13-16-19-22-23-24-25-28-31-34-40-51(41-42-52(43-44-53)49-38-37-39-49)47-50(55-46-36-33-30-27-21-18-15-12-9-6-3)48-54-45-35-32-29-26-20-17-14-11-8-5-2/h49-50,53H,4-48H2,1-3H3. The number of unbranched alkanes of at least 4 members (excludes halogenated alkanes) is 30. The first-order valence-electron chi connectivity index (χ1n) is 25.5. The van der Waals surface area contributed by atoms with Crippen molar-refractivity contribution in [2.24, 2.45) is 0 Å². The van der Waals surface area contributed by atoms with Crippen molar-refractivity contribution in [3.8, 4) is 0 Å². The van der Waals surface area contributed by atoms with Crippen LogP contribution in [0.15, 0.2) is 0 Å². The van der Waals surface area contributed by atoms with Crippen molar-refractivity contribution < 1.29 is 14.6 Å². The van der Waals surface area contributed by atoms with Crippen molar-refractivity contribution in [2.75, 3.05) is 59.2 Å². The molecule has 1 saturated carbocycles. The zero-order valence-corrected chi connectivity index (χ0v) is 38.1. The highest BCUT2D eigenvalue weighted by Gasteiger charge is 2.25. The van der Waals surface area contributed by atoms with Crippen LogP contribution in [0.25, 0.3) is 0 Å². The molecule has 1 fully saturated rings. The van der Waals surface area contributed by atoms with Crippen LogP contribution >= 0.6 is 0 Å². The molecule has 1 aliphatic rings. The van der Waals surface area contributed by atoms with Gasteiger partial charge in [0.25, 0.3) is 0 Å². The van der Waals surface area contributed by atoms with E-state index < -0.39 is 0 Å². The van der Waals surface area contributed by atoms with Crippen molar-refractivity contribution in [3.63, 3.8) is 0 Å². The van der Waals surface area contributed by atoms with Gasteiger partial charge in [-0.05, 0) is 38.6 Å². The van der Waals surface area contributed by atoms with Crippen LogP contribution in [0, 0.1) is 0 Å². The Morgan fingerprint density at radius 1 is 0.455 bits per heavy atom. The summed E-state index contributed by atoms with van der Waals surface area (Å²) < 4.78 is 13.1. The smallest absolute Gasteiger partial charge is 0.0934 e. The third-order valence-corrected chi connectivity index (χ3v) is 12.5. The van der Waals surface area contributed by atoms with Crippen LogP contribution in [0.4, 0.5) is 0 Å². The summed E-state index contributed by atoms with van der Waals surface area (Å²) in [5.74, 6) is 0. The number of aliphatic hydroxyl groups excluding tert-OH is 1. The van der Waals surface area contributed by atoms with Crippen LogP contribution < -0.4 is 0 Å². The molecule has 1 unspecified atom stereocenters. The molecule has 0 aromatic carbocycles. The van der Waals surface area contributed by atoms with Gasteiger partial charge in [0.15, 0.2) is 0 Å². The summed E-state index contributed by atoms with van der Waals surface area (Å²) in [6.45, 7) is 14.7. The Morgan fingerprint density at radius 3 is 1.25 bits per heavy atom. The molecule has 0 radical (unpaired) electrons. The quantitative estimate of drug-likeness (QED) is 0.0624. The lowest BCUT2D eigenvalue weighted by atomic mass is 9.91. The molecule has 0 aromatic rings. The minimum Gasteiger partial charge on any atom is -0.395 e. The summed E-state index contributed by atoms with van der Waals surface area (Å²) in [5.41, 5.74) is 0. The Bertz CT molecular complexity index is 719. The summed E-state index contributed by atoms with van der Waals surface area (Å²) in [7, 11) is 0. The third kappa shape index (κ3) is 35.5. The van der Waals surface area contributed by atoms with Gasteiger partial charge in [-0.2, -0.15) is 0 Å². The molecule has 55 heavy (non-hydrogen) atoms. The average Bonchev–Trinajstić information content (AvgIpc) is 3.17. The Hall–Kier alpha value is -0.200. The zero-order valence-electron chi connectivity index (χ0n) is 38.1. The second kappa shape index (κ2) is 43.4. The molecule has 5 heteroatoms. The topological polar surface area (TPSA) is 45.2 Å². The number of hydrogen-bond acceptors (Lipinski definition) is 5. The molecule has 330 valence electrons. The molecule has 1 aliphatic carbocycles. The lowest BCUT2D eigenvalue weighted by molar-refractivity contribution is -0.0363. The van der Waals surface area contributed by atoms with Gasteiger partial charge < -0.3 is 14.6 Å². The zero-order chi connectivity index (χ0) is 39.5. The van der Waals surface area contributed by atoms with E-state index in [1.165, 1.54) is 231 Å². The molecular formula is C50H102N2O3. The summed E-state index contributed by atoms with van der Waals surface area (Å²) in [6, 6.07) is 0.679. The van der Waals surface area contributed by atoms with E-state index in [0.717, 1.165) is 52.5 Å². The molecule has 1 atom stereocenters. The van der Waals surface area contributed by atoms with Gasteiger partial charge in [-0.25, -0.2) is 0 Å². The fourth-order valence-electron chi connectivity index (χ4n) is 8.46. The van der Waals surface area contributed by atoms with Crippen LogP contribution in [0.5, 0.6) is 0 Å². The molecule has 0 spiro atoms. The highest BCUT2D eigenvalue weighted by molar-refractivity contribution is 4.81. The Kier molecular flexibility index (Phi) is 41.7. The fraction of sp³-hybridized carbons (Fsp3) is 1.00. The van der Waals surface area contributed by atoms with Gasteiger partial charge in [-0.1, -0.05) is 220 Å². The Labute approximate surface area is 346 Å². The minimum atomic E-state index is 0.152. The average molecular weight is 779 g/mol. The first-order valence-corrected chi connectivity index (χ1v) is 25.5. The minimum absolute atomic E-state index is 0.152. The van der Waals surface area contributed by atoms with E-state index >= 15 is 0 Å². The van der Waals surface area contributed by atoms with Gasteiger partial charge >= 0.3 is 0 Å². The molecule has 0 amide bonds. The summed E-state index contributed by atoms with van der Waals surface area (Å²) in [5, 5.41) is 9.83. The second-order valence-corrected chi connectivity index (χ2v) is 17.8. The van der Waals surface area contributed by atoms with Gasteiger partial charge in [0.2, 0.25) is 0 Å². The van der Waals surface area contributed by atoms with E-state index in [2.05, 4.69) is 30.6 Å². The van der Waals surface area contributed by atoms with Crippen LogP contribution in [-0.2, 0) is 9.47 Å².